The van der Waals surface area contributed by atoms with Crippen LogP contribution in [-0.2, 0) is 4.79 Å². The molecule has 0 saturated carbocycles. The van der Waals surface area contributed by atoms with E-state index in [1.807, 2.05) is 13.8 Å². The molecule has 0 aromatic rings. The number of carboxylic acids is 1. The molecule has 2 nitrogen and oxygen atoms in total. The summed E-state index contributed by atoms with van der Waals surface area (Å²) >= 11 is 4.24. The Morgan fingerprint density at radius 1 is 1.60 bits per heavy atom. The Hall–Kier alpha value is -0.180. The Morgan fingerprint density at radius 2 is 2.10 bits per heavy atom. The molecule has 3 heteroatoms. The fourth-order valence-corrected chi connectivity index (χ4v) is 0.734. The number of rotatable bonds is 4. The van der Waals surface area contributed by atoms with Gasteiger partial charge in [-0.25, -0.2) is 0 Å². The van der Waals surface area contributed by atoms with Gasteiger partial charge in [0.15, 0.2) is 0 Å². The van der Waals surface area contributed by atoms with Crippen LogP contribution >= 0.6 is 12.6 Å². The minimum atomic E-state index is -0.736. The molecule has 1 atom stereocenters. The first kappa shape index (κ1) is 9.82. The highest BCUT2D eigenvalue weighted by Crippen LogP contribution is 2.14. The van der Waals surface area contributed by atoms with Gasteiger partial charge in [-0.1, -0.05) is 13.8 Å². The van der Waals surface area contributed by atoms with Crippen molar-refractivity contribution in [2.45, 2.75) is 31.9 Å². The highest BCUT2D eigenvalue weighted by Gasteiger charge is 2.09. The van der Waals surface area contributed by atoms with Crippen molar-refractivity contribution in [3.63, 3.8) is 0 Å². The summed E-state index contributed by atoms with van der Waals surface area (Å²) in [7, 11) is 0. The van der Waals surface area contributed by atoms with Crippen molar-refractivity contribution in [3.05, 3.63) is 0 Å². The van der Waals surface area contributed by atoms with Crippen LogP contribution in [0.5, 0.6) is 0 Å². The zero-order chi connectivity index (χ0) is 8.15. The van der Waals surface area contributed by atoms with Crippen molar-refractivity contribution in [3.8, 4) is 0 Å². The summed E-state index contributed by atoms with van der Waals surface area (Å²) in [5.74, 6) is -0.276. The molecule has 60 valence electrons. The molecule has 0 bridgehead atoms. The summed E-state index contributed by atoms with van der Waals surface area (Å²) in [6.45, 7) is 4.08. The second-order valence-electron chi connectivity index (χ2n) is 2.74. The van der Waals surface area contributed by atoms with Gasteiger partial charge < -0.3 is 5.11 Å². The lowest BCUT2D eigenvalue weighted by Crippen LogP contribution is -2.09. The smallest absolute Gasteiger partial charge is 0.303 e. The van der Waals surface area contributed by atoms with Gasteiger partial charge in [0.05, 0.1) is 0 Å². The lowest BCUT2D eigenvalue weighted by atomic mass is 10.1. The quantitative estimate of drug-likeness (QED) is 0.618. The molecule has 1 N–H and O–H groups in total. The Balaban J connectivity index is 3.39. The number of thiol groups is 1. The van der Waals surface area contributed by atoms with E-state index in [-0.39, 0.29) is 11.7 Å². The zero-order valence-electron chi connectivity index (χ0n) is 6.37. The van der Waals surface area contributed by atoms with Crippen molar-refractivity contribution in [1.82, 2.24) is 0 Å². The molecule has 10 heavy (non-hydrogen) atoms. The van der Waals surface area contributed by atoms with E-state index >= 15 is 0 Å². The molecular weight excluding hydrogens is 148 g/mol. The third-order valence-corrected chi connectivity index (χ3v) is 2.28. The fourth-order valence-electron chi connectivity index (χ4n) is 0.605. The number of carboxylic acid groups (broad SMARTS) is 1. The number of hydrogen-bond acceptors (Lipinski definition) is 2. The van der Waals surface area contributed by atoms with Gasteiger partial charge in [-0.3, -0.25) is 4.79 Å². The van der Waals surface area contributed by atoms with Crippen molar-refractivity contribution < 1.29 is 9.90 Å². The fraction of sp³-hybridized carbons (Fsp3) is 0.857. The molecule has 0 aromatic carbocycles. The van der Waals surface area contributed by atoms with Crippen molar-refractivity contribution in [2.75, 3.05) is 0 Å². The van der Waals surface area contributed by atoms with Gasteiger partial charge >= 0.3 is 5.97 Å². The summed E-state index contributed by atoms with van der Waals surface area (Å²) < 4.78 is 0. The summed E-state index contributed by atoms with van der Waals surface area (Å²) in [5, 5.41) is 8.53. The normalized spacial score (nSPS) is 13.6. The molecule has 0 spiro atoms. The highest BCUT2D eigenvalue weighted by molar-refractivity contribution is 7.81. The number of carbonyl (C=O) groups is 1. The molecular formula is C7H14O2S. The molecule has 0 heterocycles. The number of hydrogen-bond donors (Lipinski definition) is 2. The van der Waals surface area contributed by atoms with E-state index in [2.05, 4.69) is 12.6 Å². The Morgan fingerprint density at radius 3 is 2.40 bits per heavy atom. The van der Waals surface area contributed by atoms with Crippen LogP contribution in [0.15, 0.2) is 0 Å². The van der Waals surface area contributed by atoms with Crippen LogP contribution in [0.1, 0.15) is 26.7 Å². The van der Waals surface area contributed by atoms with E-state index in [1.54, 1.807) is 0 Å². The van der Waals surface area contributed by atoms with Crippen LogP contribution in [0.2, 0.25) is 0 Å². The molecule has 0 radical (unpaired) electrons. The van der Waals surface area contributed by atoms with Gasteiger partial charge in [-0.2, -0.15) is 12.6 Å². The first-order valence-corrected chi connectivity index (χ1v) is 3.95. The van der Waals surface area contributed by atoms with E-state index in [9.17, 15) is 4.79 Å². The second kappa shape index (κ2) is 4.61. The molecule has 0 aliphatic carbocycles. The van der Waals surface area contributed by atoms with Crippen molar-refractivity contribution in [1.29, 1.82) is 0 Å². The van der Waals surface area contributed by atoms with Crippen LogP contribution in [0.3, 0.4) is 0 Å². The van der Waals surface area contributed by atoms with Crippen LogP contribution in [0, 0.1) is 5.92 Å². The van der Waals surface area contributed by atoms with E-state index in [0.717, 1.165) is 0 Å². The average Bonchev–Trinajstić information content (AvgIpc) is 1.82. The maximum Gasteiger partial charge on any atom is 0.303 e. The Kier molecular flexibility index (Phi) is 4.52. The molecule has 0 aliphatic rings. The second-order valence-corrected chi connectivity index (χ2v) is 3.41. The minimum absolute atomic E-state index is 0.219. The van der Waals surface area contributed by atoms with E-state index < -0.39 is 5.97 Å². The monoisotopic (exact) mass is 162 g/mol. The van der Waals surface area contributed by atoms with Crippen LogP contribution in [-0.4, -0.2) is 16.3 Å². The summed E-state index contributed by atoms with van der Waals surface area (Å²) in [5.41, 5.74) is 0. The standard InChI is InChI=1S/C7H14O2S/c1-5(2)6(10)3-4-7(8)9/h5-6,10H,3-4H2,1-2H3,(H,8,9). The van der Waals surface area contributed by atoms with Gasteiger partial charge in [0, 0.05) is 11.7 Å². The van der Waals surface area contributed by atoms with E-state index in [1.165, 1.54) is 0 Å². The highest BCUT2D eigenvalue weighted by atomic mass is 32.1. The van der Waals surface area contributed by atoms with Crippen LogP contribution in [0.4, 0.5) is 0 Å². The predicted molar refractivity (Wildman–Crippen MR) is 44.5 cm³/mol. The first-order chi connectivity index (χ1) is 4.54. The zero-order valence-corrected chi connectivity index (χ0v) is 7.27. The lowest BCUT2D eigenvalue weighted by Gasteiger charge is -2.12. The maximum atomic E-state index is 10.1. The molecule has 0 fully saturated rings. The molecule has 0 aliphatic heterocycles. The van der Waals surface area contributed by atoms with Gasteiger partial charge in [0.2, 0.25) is 0 Å². The summed E-state index contributed by atoms with van der Waals surface area (Å²) in [6, 6.07) is 0. The first-order valence-electron chi connectivity index (χ1n) is 3.44. The van der Waals surface area contributed by atoms with Crippen molar-refractivity contribution >= 4 is 18.6 Å². The molecule has 0 aromatic heterocycles. The topological polar surface area (TPSA) is 37.3 Å². The van der Waals surface area contributed by atoms with Gasteiger partial charge in [0.1, 0.15) is 0 Å². The molecule has 1 unspecified atom stereocenters. The van der Waals surface area contributed by atoms with E-state index in [0.29, 0.717) is 12.3 Å². The Labute approximate surface area is 67.0 Å². The summed E-state index contributed by atoms with van der Waals surface area (Å²) in [4.78, 5) is 10.1. The minimum Gasteiger partial charge on any atom is -0.481 e. The van der Waals surface area contributed by atoms with Crippen LogP contribution < -0.4 is 0 Å². The Bertz CT molecular complexity index is 112. The van der Waals surface area contributed by atoms with Crippen LogP contribution in [0.25, 0.3) is 0 Å². The third-order valence-electron chi connectivity index (χ3n) is 1.42. The van der Waals surface area contributed by atoms with Crippen molar-refractivity contribution in [2.24, 2.45) is 5.92 Å². The maximum absolute atomic E-state index is 10.1. The third kappa shape index (κ3) is 4.68. The lowest BCUT2D eigenvalue weighted by molar-refractivity contribution is -0.137. The average molecular weight is 162 g/mol. The van der Waals surface area contributed by atoms with Gasteiger partial charge in [-0.15, -0.1) is 0 Å². The van der Waals surface area contributed by atoms with Gasteiger partial charge in [-0.05, 0) is 12.3 Å². The largest absolute Gasteiger partial charge is 0.481 e. The predicted octanol–water partition coefficient (Wildman–Crippen LogP) is 1.81. The molecule has 0 rings (SSSR count). The number of aliphatic carboxylic acids is 1. The SMILES string of the molecule is CC(C)C(S)CCC(=O)O. The summed E-state index contributed by atoms with van der Waals surface area (Å²) in [6.07, 6.45) is 0.891. The molecule has 0 amide bonds. The van der Waals surface area contributed by atoms with Gasteiger partial charge in [0.25, 0.3) is 0 Å². The molecule has 0 saturated heterocycles. The van der Waals surface area contributed by atoms with E-state index in [4.69, 9.17) is 5.11 Å².